The van der Waals surface area contributed by atoms with Gasteiger partial charge < -0.3 is 15.5 Å². The first-order chi connectivity index (χ1) is 8.24. The van der Waals surface area contributed by atoms with Crippen molar-refractivity contribution in [3.05, 3.63) is 0 Å². The average Bonchev–Trinajstić information content (AvgIpc) is 2.35. The lowest BCUT2D eigenvalue weighted by atomic mass is 10.0. The van der Waals surface area contributed by atoms with E-state index in [1.165, 1.54) is 45.3 Å². The molecule has 104 valence electrons. The van der Waals surface area contributed by atoms with Gasteiger partial charge in [0.25, 0.3) is 0 Å². The summed E-state index contributed by atoms with van der Waals surface area (Å²) in [6.45, 7) is 10.4. The number of nitrogens with one attached hydrogen (secondary N) is 2. The van der Waals surface area contributed by atoms with Crippen LogP contribution < -0.4 is 10.6 Å². The highest BCUT2D eigenvalue weighted by Gasteiger charge is 2.07. The molecule has 0 aliphatic carbocycles. The van der Waals surface area contributed by atoms with Crippen molar-refractivity contribution in [3.8, 4) is 0 Å². The third-order valence-corrected chi connectivity index (χ3v) is 3.34. The summed E-state index contributed by atoms with van der Waals surface area (Å²) in [4.78, 5) is 2.56. The van der Waals surface area contributed by atoms with Crippen molar-refractivity contribution in [1.29, 1.82) is 0 Å². The number of unbranched alkanes of at least 4 members (excludes halogenated alkanes) is 1. The van der Waals surface area contributed by atoms with Gasteiger partial charge in [0.15, 0.2) is 0 Å². The SMILES string of the molecule is CCCCC(C)CCN(CCNC)CCNC. The second kappa shape index (κ2) is 12.3. The summed E-state index contributed by atoms with van der Waals surface area (Å²) >= 11 is 0. The third-order valence-electron chi connectivity index (χ3n) is 3.34. The van der Waals surface area contributed by atoms with Crippen LogP contribution in [-0.4, -0.2) is 51.7 Å². The van der Waals surface area contributed by atoms with E-state index < -0.39 is 0 Å². The van der Waals surface area contributed by atoms with Crippen molar-refractivity contribution < 1.29 is 0 Å². The number of rotatable bonds is 12. The standard InChI is InChI=1S/C14H33N3/c1-5-6-7-14(2)8-11-17(12-9-15-3)13-10-16-4/h14-16H,5-13H2,1-4H3. The topological polar surface area (TPSA) is 27.3 Å². The fourth-order valence-electron chi connectivity index (χ4n) is 1.98. The minimum absolute atomic E-state index is 0.877. The molecule has 0 rings (SSSR count). The Hall–Kier alpha value is -0.120. The maximum atomic E-state index is 3.23. The summed E-state index contributed by atoms with van der Waals surface area (Å²) in [5, 5.41) is 6.47. The molecule has 0 bridgehead atoms. The van der Waals surface area contributed by atoms with E-state index in [0.29, 0.717) is 0 Å². The Bertz CT molecular complexity index is 142. The van der Waals surface area contributed by atoms with Crippen LogP contribution >= 0.6 is 0 Å². The maximum Gasteiger partial charge on any atom is 0.0107 e. The summed E-state index contributed by atoms with van der Waals surface area (Å²) in [6, 6.07) is 0. The van der Waals surface area contributed by atoms with Gasteiger partial charge in [-0.2, -0.15) is 0 Å². The van der Waals surface area contributed by atoms with Gasteiger partial charge in [0.2, 0.25) is 0 Å². The largest absolute Gasteiger partial charge is 0.318 e. The van der Waals surface area contributed by atoms with Crippen molar-refractivity contribution in [3.63, 3.8) is 0 Å². The molecule has 0 saturated carbocycles. The van der Waals surface area contributed by atoms with Crippen LogP contribution in [-0.2, 0) is 0 Å². The monoisotopic (exact) mass is 243 g/mol. The Kier molecular flexibility index (Phi) is 12.3. The van der Waals surface area contributed by atoms with E-state index in [4.69, 9.17) is 0 Å². The van der Waals surface area contributed by atoms with Gasteiger partial charge >= 0.3 is 0 Å². The Morgan fingerprint density at radius 2 is 1.53 bits per heavy atom. The van der Waals surface area contributed by atoms with Crippen LogP contribution in [0.4, 0.5) is 0 Å². The van der Waals surface area contributed by atoms with Gasteiger partial charge in [0.1, 0.15) is 0 Å². The van der Waals surface area contributed by atoms with Crippen LogP contribution in [0.1, 0.15) is 39.5 Å². The van der Waals surface area contributed by atoms with Crippen molar-refractivity contribution in [2.24, 2.45) is 5.92 Å². The number of hydrogen-bond acceptors (Lipinski definition) is 3. The summed E-state index contributed by atoms with van der Waals surface area (Å²) in [5.74, 6) is 0.877. The van der Waals surface area contributed by atoms with Crippen LogP contribution in [0.15, 0.2) is 0 Å². The lowest BCUT2D eigenvalue weighted by Crippen LogP contribution is -2.36. The van der Waals surface area contributed by atoms with Crippen LogP contribution in [0, 0.1) is 5.92 Å². The number of hydrogen-bond donors (Lipinski definition) is 2. The summed E-state index contributed by atoms with van der Waals surface area (Å²) in [5.41, 5.74) is 0. The molecule has 0 heterocycles. The smallest absolute Gasteiger partial charge is 0.0107 e. The van der Waals surface area contributed by atoms with Gasteiger partial charge in [-0.3, -0.25) is 0 Å². The van der Waals surface area contributed by atoms with Gasteiger partial charge in [-0.15, -0.1) is 0 Å². The van der Waals surface area contributed by atoms with Crippen LogP contribution in [0.25, 0.3) is 0 Å². The lowest BCUT2D eigenvalue weighted by Gasteiger charge is -2.23. The zero-order chi connectivity index (χ0) is 12.9. The first kappa shape index (κ1) is 16.9. The number of nitrogens with zero attached hydrogens (tertiary/aromatic N) is 1. The average molecular weight is 243 g/mol. The van der Waals surface area contributed by atoms with E-state index >= 15 is 0 Å². The molecule has 0 aromatic rings. The molecule has 0 fully saturated rings. The fraction of sp³-hybridized carbons (Fsp3) is 1.00. The van der Waals surface area contributed by atoms with E-state index in [-0.39, 0.29) is 0 Å². The first-order valence-electron chi connectivity index (χ1n) is 7.26. The molecule has 0 saturated heterocycles. The predicted octanol–water partition coefficient (Wildman–Crippen LogP) is 1.94. The van der Waals surface area contributed by atoms with Crippen molar-refractivity contribution in [2.45, 2.75) is 39.5 Å². The molecule has 0 spiro atoms. The second-order valence-electron chi connectivity index (χ2n) is 5.08. The molecule has 0 aliphatic heterocycles. The highest BCUT2D eigenvalue weighted by atomic mass is 15.1. The van der Waals surface area contributed by atoms with E-state index in [1.807, 2.05) is 14.1 Å². The Balaban J connectivity index is 3.71. The minimum Gasteiger partial charge on any atom is -0.318 e. The van der Waals surface area contributed by atoms with Gasteiger partial charge in [-0.25, -0.2) is 0 Å². The van der Waals surface area contributed by atoms with Crippen LogP contribution in [0.5, 0.6) is 0 Å². The van der Waals surface area contributed by atoms with E-state index in [1.54, 1.807) is 0 Å². The summed E-state index contributed by atoms with van der Waals surface area (Å²) in [7, 11) is 4.06. The highest BCUT2D eigenvalue weighted by Crippen LogP contribution is 2.12. The second-order valence-corrected chi connectivity index (χ2v) is 5.08. The van der Waals surface area contributed by atoms with Crippen molar-refractivity contribution in [1.82, 2.24) is 15.5 Å². The molecule has 0 aromatic heterocycles. The summed E-state index contributed by atoms with van der Waals surface area (Å²) < 4.78 is 0. The molecular weight excluding hydrogens is 210 g/mol. The first-order valence-corrected chi connectivity index (χ1v) is 7.26. The van der Waals surface area contributed by atoms with Gasteiger partial charge in [0, 0.05) is 26.2 Å². The van der Waals surface area contributed by atoms with E-state index in [9.17, 15) is 0 Å². The van der Waals surface area contributed by atoms with E-state index in [0.717, 1.165) is 19.0 Å². The van der Waals surface area contributed by atoms with Crippen LogP contribution in [0.3, 0.4) is 0 Å². The fourth-order valence-corrected chi connectivity index (χ4v) is 1.98. The zero-order valence-electron chi connectivity index (χ0n) is 12.4. The maximum absolute atomic E-state index is 3.23. The lowest BCUT2D eigenvalue weighted by molar-refractivity contribution is 0.254. The predicted molar refractivity (Wildman–Crippen MR) is 77.6 cm³/mol. The molecule has 0 amide bonds. The molecule has 3 nitrogen and oxygen atoms in total. The highest BCUT2D eigenvalue weighted by molar-refractivity contribution is 4.63. The van der Waals surface area contributed by atoms with E-state index in [2.05, 4.69) is 29.4 Å². The Morgan fingerprint density at radius 3 is 2.00 bits per heavy atom. The van der Waals surface area contributed by atoms with Crippen LogP contribution in [0.2, 0.25) is 0 Å². The molecule has 2 N–H and O–H groups in total. The zero-order valence-corrected chi connectivity index (χ0v) is 12.4. The molecule has 17 heavy (non-hydrogen) atoms. The number of likely N-dealkylation sites (N-methyl/N-ethyl adjacent to an activating group) is 2. The molecular formula is C14H33N3. The van der Waals surface area contributed by atoms with Gasteiger partial charge in [-0.05, 0) is 33.0 Å². The van der Waals surface area contributed by atoms with Crippen molar-refractivity contribution >= 4 is 0 Å². The Morgan fingerprint density at radius 1 is 0.941 bits per heavy atom. The normalized spacial score (nSPS) is 13.2. The quantitative estimate of drug-likeness (QED) is 0.548. The third kappa shape index (κ3) is 10.7. The molecule has 0 aromatic carbocycles. The molecule has 3 heteroatoms. The van der Waals surface area contributed by atoms with Gasteiger partial charge in [-0.1, -0.05) is 33.1 Å². The molecule has 0 radical (unpaired) electrons. The molecule has 1 unspecified atom stereocenters. The Labute approximate surface area is 108 Å². The molecule has 1 atom stereocenters. The minimum atomic E-state index is 0.877. The van der Waals surface area contributed by atoms with Crippen molar-refractivity contribution in [2.75, 3.05) is 46.8 Å². The van der Waals surface area contributed by atoms with Gasteiger partial charge in [0.05, 0.1) is 0 Å². The molecule has 0 aliphatic rings. The summed E-state index contributed by atoms with van der Waals surface area (Å²) in [6.07, 6.45) is 5.44.